The highest BCUT2D eigenvalue weighted by molar-refractivity contribution is 7.93. The second kappa shape index (κ2) is 5.39. The SMILES string of the molecule is C/C(=C\S(C)(=O)=O)c1ccc2c(c1)ncc1nc3n(c12)CCOC3. The normalized spacial score (nSPS) is 15.8. The van der Waals surface area contributed by atoms with Crippen molar-refractivity contribution in [2.24, 2.45) is 0 Å². The van der Waals surface area contributed by atoms with Gasteiger partial charge < -0.3 is 9.30 Å². The molecule has 3 heterocycles. The third kappa shape index (κ3) is 2.59. The van der Waals surface area contributed by atoms with Crippen LogP contribution in [-0.4, -0.2) is 35.8 Å². The van der Waals surface area contributed by atoms with Gasteiger partial charge in [-0.15, -0.1) is 0 Å². The summed E-state index contributed by atoms with van der Waals surface area (Å²) in [7, 11) is -3.17. The molecule has 3 aromatic rings. The Morgan fingerprint density at radius 3 is 2.96 bits per heavy atom. The minimum Gasteiger partial charge on any atom is -0.372 e. The predicted molar refractivity (Wildman–Crippen MR) is 93.2 cm³/mol. The highest BCUT2D eigenvalue weighted by atomic mass is 32.2. The predicted octanol–water partition coefficient (Wildman–Crippen LogP) is 2.52. The first kappa shape index (κ1) is 15.3. The maximum Gasteiger partial charge on any atom is 0.169 e. The Morgan fingerprint density at radius 2 is 2.17 bits per heavy atom. The molecular formula is C17H17N3O3S. The molecule has 2 aromatic heterocycles. The van der Waals surface area contributed by atoms with Gasteiger partial charge in [-0.25, -0.2) is 13.4 Å². The van der Waals surface area contributed by atoms with Gasteiger partial charge in [0.05, 0.1) is 23.8 Å². The second-order valence-electron chi connectivity index (χ2n) is 6.09. The molecule has 0 aliphatic carbocycles. The number of fused-ring (bicyclic) bond motifs is 5. The number of imidazole rings is 1. The van der Waals surface area contributed by atoms with E-state index in [1.165, 1.54) is 11.7 Å². The second-order valence-corrected chi connectivity index (χ2v) is 7.98. The first-order valence-electron chi connectivity index (χ1n) is 7.67. The van der Waals surface area contributed by atoms with Crippen LogP contribution in [0.15, 0.2) is 29.8 Å². The van der Waals surface area contributed by atoms with Gasteiger partial charge in [-0.1, -0.05) is 12.1 Å². The number of pyridine rings is 1. The number of sulfone groups is 1. The Morgan fingerprint density at radius 1 is 1.33 bits per heavy atom. The maximum atomic E-state index is 11.5. The fourth-order valence-electron chi connectivity index (χ4n) is 3.17. The van der Waals surface area contributed by atoms with E-state index in [1.807, 2.05) is 18.2 Å². The molecule has 1 aromatic carbocycles. The number of benzene rings is 1. The van der Waals surface area contributed by atoms with Gasteiger partial charge in [-0.2, -0.15) is 0 Å². The number of ether oxygens (including phenoxy) is 1. The van der Waals surface area contributed by atoms with E-state index in [1.54, 1.807) is 13.1 Å². The lowest BCUT2D eigenvalue weighted by Gasteiger charge is -2.15. The quantitative estimate of drug-likeness (QED) is 0.715. The van der Waals surface area contributed by atoms with Crippen molar-refractivity contribution in [2.45, 2.75) is 20.1 Å². The molecule has 4 rings (SSSR count). The molecule has 0 spiro atoms. The largest absolute Gasteiger partial charge is 0.372 e. The van der Waals surface area contributed by atoms with Crippen LogP contribution in [0.1, 0.15) is 18.3 Å². The lowest BCUT2D eigenvalue weighted by Crippen LogP contribution is -2.16. The van der Waals surface area contributed by atoms with Crippen molar-refractivity contribution >= 4 is 37.3 Å². The molecule has 6 nitrogen and oxygen atoms in total. The third-order valence-electron chi connectivity index (χ3n) is 4.19. The molecular weight excluding hydrogens is 326 g/mol. The van der Waals surface area contributed by atoms with E-state index in [0.717, 1.165) is 39.9 Å². The molecule has 1 aliphatic rings. The molecule has 0 radical (unpaired) electrons. The maximum absolute atomic E-state index is 11.5. The summed E-state index contributed by atoms with van der Waals surface area (Å²) < 4.78 is 30.6. The molecule has 7 heteroatoms. The van der Waals surface area contributed by atoms with Crippen molar-refractivity contribution < 1.29 is 13.2 Å². The number of aromatic nitrogens is 3. The number of hydrogen-bond acceptors (Lipinski definition) is 5. The van der Waals surface area contributed by atoms with Crippen LogP contribution in [-0.2, 0) is 27.7 Å². The Hall–Kier alpha value is -2.25. The van der Waals surface area contributed by atoms with Crippen molar-refractivity contribution in [2.75, 3.05) is 12.9 Å². The van der Waals surface area contributed by atoms with E-state index in [2.05, 4.69) is 14.5 Å². The number of allylic oxidation sites excluding steroid dienone is 1. The standard InChI is InChI=1S/C17H17N3O3S/c1-11(10-24(2,21)22)12-3-4-13-14(7-12)18-8-15-17(13)20-5-6-23-9-16(20)19-15/h3-4,7-8,10H,5-6,9H2,1-2H3/b11-10+. The summed E-state index contributed by atoms with van der Waals surface area (Å²) in [5.74, 6) is 0.919. The van der Waals surface area contributed by atoms with Gasteiger partial charge in [0.1, 0.15) is 17.9 Å². The molecule has 0 bridgehead atoms. The fraction of sp³-hybridized carbons (Fsp3) is 0.294. The van der Waals surface area contributed by atoms with E-state index in [4.69, 9.17) is 4.74 Å². The van der Waals surface area contributed by atoms with Crippen LogP contribution in [0.3, 0.4) is 0 Å². The number of hydrogen-bond donors (Lipinski definition) is 0. The van der Waals surface area contributed by atoms with Crippen LogP contribution in [0.4, 0.5) is 0 Å². The lowest BCUT2D eigenvalue weighted by atomic mass is 10.1. The minimum absolute atomic E-state index is 0.518. The molecule has 1 aliphatic heterocycles. The molecule has 0 fully saturated rings. The highest BCUT2D eigenvalue weighted by Gasteiger charge is 2.17. The highest BCUT2D eigenvalue weighted by Crippen LogP contribution is 2.28. The van der Waals surface area contributed by atoms with Gasteiger partial charge in [0.15, 0.2) is 9.84 Å². The van der Waals surface area contributed by atoms with E-state index in [0.29, 0.717) is 18.8 Å². The molecule has 0 saturated carbocycles. The van der Waals surface area contributed by atoms with Crippen molar-refractivity contribution in [3.63, 3.8) is 0 Å². The topological polar surface area (TPSA) is 74.1 Å². The van der Waals surface area contributed by atoms with Gasteiger partial charge in [0.25, 0.3) is 0 Å². The molecule has 0 N–H and O–H groups in total. The van der Waals surface area contributed by atoms with Crippen LogP contribution >= 0.6 is 0 Å². The van der Waals surface area contributed by atoms with E-state index < -0.39 is 9.84 Å². The monoisotopic (exact) mass is 343 g/mol. The van der Waals surface area contributed by atoms with Crippen LogP contribution in [0, 0.1) is 0 Å². The number of rotatable bonds is 2. The molecule has 0 amide bonds. The average molecular weight is 343 g/mol. The summed E-state index contributed by atoms with van der Waals surface area (Å²) in [5.41, 5.74) is 4.30. The average Bonchev–Trinajstić information content (AvgIpc) is 2.91. The molecule has 24 heavy (non-hydrogen) atoms. The van der Waals surface area contributed by atoms with Gasteiger partial charge >= 0.3 is 0 Å². The molecule has 124 valence electrons. The summed E-state index contributed by atoms with van der Waals surface area (Å²) >= 11 is 0. The van der Waals surface area contributed by atoms with Crippen LogP contribution in [0.25, 0.3) is 27.5 Å². The van der Waals surface area contributed by atoms with Gasteiger partial charge in [0.2, 0.25) is 0 Å². The van der Waals surface area contributed by atoms with E-state index in [-0.39, 0.29) is 0 Å². The zero-order valence-corrected chi connectivity index (χ0v) is 14.3. The molecule has 0 atom stereocenters. The first-order valence-corrected chi connectivity index (χ1v) is 9.62. The summed E-state index contributed by atoms with van der Waals surface area (Å²) in [6.45, 7) is 3.76. The smallest absolute Gasteiger partial charge is 0.169 e. The van der Waals surface area contributed by atoms with Crippen molar-refractivity contribution in [3.8, 4) is 0 Å². The Balaban J connectivity index is 1.93. The van der Waals surface area contributed by atoms with E-state index in [9.17, 15) is 8.42 Å². The zero-order valence-electron chi connectivity index (χ0n) is 13.5. The minimum atomic E-state index is -3.17. The first-order chi connectivity index (χ1) is 11.4. The Bertz CT molecular complexity index is 1100. The summed E-state index contributed by atoms with van der Waals surface area (Å²) in [6.07, 6.45) is 2.96. The fourth-order valence-corrected chi connectivity index (χ4v) is 3.95. The van der Waals surface area contributed by atoms with Crippen LogP contribution < -0.4 is 0 Å². The van der Waals surface area contributed by atoms with Crippen molar-refractivity contribution in [1.82, 2.24) is 14.5 Å². The van der Waals surface area contributed by atoms with Crippen LogP contribution in [0.2, 0.25) is 0 Å². The Labute approximate surface area is 139 Å². The zero-order chi connectivity index (χ0) is 16.9. The van der Waals surface area contributed by atoms with Crippen LogP contribution in [0.5, 0.6) is 0 Å². The molecule has 0 saturated heterocycles. The van der Waals surface area contributed by atoms with Crippen molar-refractivity contribution in [1.29, 1.82) is 0 Å². The lowest BCUT2D eigenvalue weighted by molar-refractivity contribution is 0.0831. The number of nitrogens with zero attached hydrogens (tertiary/aromatic N) is 3. The van der Waals surface area contributed by atoms with Gasteiger partial charge in [-0.3, -0.25) is 4.98 Å². The summed E-state index contributed by atoms with van der Waals surface area (Å²) in [5, 5.41) is 2.30. The van der Waals surface area contributed by atoms with E-state index >= 15 is 0 Å². The van der Waals surface area contributed by atoms with Gasteiger partial charge in [-0.05, 0) is 24.1 Å². The van der Waals surface area contributed by atoms with Gasteiger partial charge in [0, 0.05) is 23.6 Å². The third-order valence-corrected chi connectivity index (χ3v) is 4.97. The summed E-state index contributed by atoms with van der Waals surface area (Å²) in [4.78, 5) is 9.09. The molecule has 0 unspecified atom stereocenters. The Kier molecular flexibility index (Phi) is 3.43. The summed E-state index contributed by atoms with van der Waals surface area (Å²) in [6, 6.07) is 5.84. The van der Waals surface area contributed by atoms with Crippen molar-refractivity contribution in [3.05, 3.63) is 41.2 Å².